The van der Waals surface area contributed by atoms with E-state index in [1.54, 1.807) is 39.7 Å². The molecule has 2 rings (SSSR count). The lowest BCUT2D eigenvalue weighted by Gasteiger charge is -2.12. The Balaban J connectivity index is 2.03. The first-order valence-corrected chi connectivity index (χ1v) is 7.95. The van der Waals surface area contributed by atoms with Gasteiger partial charge in [-0.15, -0.1) is 0 Å². The zero-order valence-corrected chi connectivity index (χ0v) is 15.4. The third-order valence-corrected chi connectivity index (χ3v) is 3.57. The van der Waals surface area contributed by atoms with E-state index in [1.165, 1.54) is 5.56 Å². The van der Waals surface area contributed by atoms with Crippen molar-refractivity contribution in [2.75, 3.05) is 26.6 Å². The van der Waals surface area contributed by atoms with Crippen molar-refractivity contribution in [2.24, 2.45) is 5.10 Å². The maximum absolute atomic E-state index is 5.31. The van der Waals surface area contributed by atoms with Crippen LogP contribution in [0.4, 0.5) is 5.69 Å². The molecule has 0 aromatic heterocycles. The summed E-state index contributed by atoms with van der Waals surface area (Å²) in [6, 6.07) is 11.5. The lowest BCUT2D eigenvalue weighted by Crippen LogP contribution is -2.23. The fourth-order valence-corrected chi connectivity index (χ4v) is 2.31. The first-order chi connectivity index (χ1) is 12.1. The van der Waals surface area contributed by atoms with Crippen LogP contribution in [0.1, 0.15) is 11.1 Å². The molecule has 0 amide bonds. The Morgan fingerprint density at radius 2 is 1.60 bits per heavy atom. The molecule has 0 heterocycles. The van der Waals surface area contributed by atoms with Crippen molar-refractivity contribution >= 4 is 29.2 Å². The summed E-state index contributed by atoms with van der Waals surface area (Å²) in [6.45, 7) is 2.03. The van der Waals surface area contributed by atoms with E-state index in [2.05, 4.69) is 15.8 Å². The average molecular weight is 359 g/mol. The fraction of sp³-hybridized carbons (Fsp3) is 0.222. The van der Waals surface area contributed by atoms with Gasteiger partial charge in [0.05, 0.1) is 27.5 Å². The number of rotatable bonds is 6. The molecule has 0 radical (unpaired) electrons. The van der Waals surface area contributed by atoms with Gasteiger partial charge in [-0.3, -0.25) is 5.43 Å². The van der Waals surface area contributed by atoms with Crippen LogP contribution in [-0.2, 0) is 0 Å². The van der Waals surface area contributed by atoms with Gasteiger partial charge in [0, 0.05) is 11.3 Å². The minimum absolute atomic E-state index is 0.396. The van der Waals surface area contributed by atoms with E-state index >= 15 is 0 Å². The molecule has 25 heavy (non-hydrogen) atoms. The number of ether oxygens (including phenoxy) is 3. The summed E-state index contributed by atoms with van der Waals surface area (Å²) in [6.07, 6.45) is 1.62. The van der Waals surface area contributed by atoms with Gasteiger partial charge >= 0.3 is 0 Å². The van der Waals surface area contributed by atoms with Gasteiger partial charge in [0.1, 0.15) is 0 Å². The number of hydrogen-bond donors (Lipinski definition) is 2. The van der Waals surface area contributed by atoms with Crippen molar-refractivity contribution in [3.05, 3.63) is 47.5 Å². The maximum Gasteiger partial charge on any atom is 0.203 e. The van der Waals surface area contributed by atoms with E-state index in [-0.39, 0.29) is 0 Å². The third-order valence-electron chi connectivity index (χ3n) is 3.38. The fourth-order valence-electron chi connectivity index (χ4n) is 2.14. The van der Waals surface area contributed by atoms with Crippen LogP contribution in [0.25, 0.3) is 0 Å². The first kappa shape index (κ1) is 18.5. The van der Waals surface area contributed by atoms with Crippen LogP contribution in [0.15, 0.2) is 41.5 Å². The third kappa shape index (κ3) is 5.09. The number of hydrogen-bond acceptors (Lipinski definition) is 5. The minimum Gasteiger partial charge on any atom is -0.493 e. The summed E-state index contributed by atoms with van der Waals surface area (Å²) >= 11 is 5.22. The predicted octanol–water partition coefficient (Wildman–Crippen LogP) is 3.34. The lowest BCUT2D eigenvalue weighted by molar-refractivity contribution is 0.324. The van der Waals surface area contributed by atoms with E-state index in [0.717, 1.165) is 11.3 Å². The van der Waals surface area contributed by atoms with Crippen LogP contribution in [0.2, 0.25) is 0 Å². The quantitative estimate of drug-likeness (QED) is 0.469. The normalized spacial score (nSPS) is 10.4. The molecule has 0 saturated carbocycles. The first-order valence-electron chi connectivity index (χ1n) is 7.54. The smallest absolute Gasteiger partial charge is 0.203 e. The average Bonchev–Trinajstić information content (AvgIpc) is 2.62. The summed E-state index contributed by atoms with van der Waals surface area (Å²) in [5.74, 6) is 1.65. The van der Waals surface area contributed by atoms with Crippen molar-refractivity contribution in [2.45, 2.75) is 6.92 Å². The van der Waals surface area contributed by atoms with Crippen LogP contribution in [0.5, 0.6) is 17.2 Å². The van der Waals surface area contributed by atoms with Crippen LogP contribution in [-0.4, -0.2) is 32.7 Å². The molecule has 2 aromatic carbocycles. The molecule has 0 unspecified atom stereocenters. The van der Waals surface area contributed by atoms with Crippen LogP contribution >= 0.6 is 12.2 Å². The van der Waals surface area contributed by atoms with E-state index in [1.807, 2.05) is 31.2 Å². The van der Waals surface area contributed by atoms with Gasteiger partial charge < -0.3 is 19.5 Å². The number of thiocarbonyl (C=S) groups is 1. The summed E-state index contributed by atoms with van der Waals surface area (Å²) in [5, 5.41) is 7.58. The van der Waals surface area contributed by atoms with Crippen LogP contribution < -0.4 is 25.0 Å². The second kappa shape index (κ2) is 8.89. The summed E-state index contributed by atoms with van der Waals surface area (Å²) in [7, 11) is 4.69. The number of nitrogens with zero attached hydrogens (tertiary/aromatic N) is 1. The van der Waals surface area contributed by atoms with Crippen LogP contribution in [0, 0.1) is 6.92 Å². The SMILES string of the molecule is COc1cc(C=NNC(=S)Nc2ccc(C)cc2)cc(OC)c1OC. The van der Waals surface area contributed by atoms with E-state index in [0.29, 0.717) is 22.4 Å². The highest BCUT2D eigenvalue weighted by Gasteiger charge is 2.12. The summed E-state index contributed by atoms with van der Waals surface area (Å²) in [4.78, 5) is 0. The number of nitrogens with one attached hydrogen (secondary N) is 2. The van der Waals surface area contributed by atoms with Crippen LogP contribution in [0.3, 0.4) is 0 Å². The molecule has 0 aliphatic rings. The Morgan fingerprint density at radius 3 is 2.12 bits per heavy atom. The largest absolute Gasteiger partial charge is 0.493 e. The number of aryl methyl sites for hydroxylation is 1. The Morgan fingerprint density at radius 1 is 1.00 bits per heavy atom. The minimum atomic E-state index is 0.396. The Labute approximate surface area is 152 Å². The van der Waals surface area contributed by atoms with Gasteiger partial charge in [0.2, 0.25) is 5.75 Å². The van der Waals surface area contributed by atoms with Gasteiger partial charge in [-0.25, -0.2) is 0 Å². The van der Waals surface area contributed by atoms with Gasteiger partial charge in [-0.1, -0.05) is 17.7 Å². The second-order valence-corrected chi connectivity index (χ2v) is 5.56. The molecule has 0 aliphatic heterocycles. The molecular formula is C18H21N3O3S. The molecule has 2 aromatic rings. The van der Waals surface area contributed by atoms with Crippen molar-refractivity contribution in [3.63, 3.8) is 0 Å². The molecular weight excluding hydrogens is 338 g/mol. The van der Waals surface area contributed by atoms with Crippen molar-refractivity contribution < 1.29 is 14.2 Å². The topological polar surface area (TPSA) is 64.1 Å². The monoisotopic (exact) mass is 359 g/mol. The Bertz CT molecular complexity index is 736. The van der Waals surface area contributed by atoms with E-state index < -0.39 is 0 Å². The number of methoxy groups -OCH3 is 3. The number of hydrazone groups is 1. The van der Waals surface area contributed by atoms with Gasteiger partial charge in [-0.2, -0.15) is 5.10 Å². The standard InChI is InChI=1S/C18H21N3O3S/c1-12-5-7-14(8-6-12)20-18(25)21-19-11-13-9-15(22-2)17(24-4)16(10-13)23-3/h5-11H,1-4H3,(H2,20,21,25). The number of anilines is 1. The highest BCUT2D eigenvalue weighted by atomic mass is 32.1. The predicted molar refractivity (Wildman–Crippen MR) is 104 cm³/mol. The maximum atomic E-state index is 5.31. The molecule has 6 nitrogen and oxygen atoms in total. The summed E-state index contributed by atoms with van der Waals surface area (Å²) < 4.78 is 15.9. The van der Waals surface area contributed by atoms with Crippen molar-refractivity contribution in [1.29, 1.82) is 0 Å². The molecule has 0 fully saturated rings. The van der Waals surface area contributed by atoms with Crippen molar-refractivity contribution in [3.8, 4) is 17.2 Å². The summed E-state index contributed by atoms with van der Waals surface area (Å²) in [5.41, 5.74) is 5.63. The molecule has 0 atom stereocenters. The zero-order valence-electron chi connectivity index (χ0n) is 14.6. The van der Waals surface area contributed by atoms with E-state index in [9.17, 15) is 0 Å². The second-order valence-electron chi connectivity index (χ2n) is 5.15. The highest BCUT2D eigenvalue weighted by Crippen LogP contribution is 2.37. The molecule has 132 valence electrons. The highest BCUT2D eigenvalue weighted by molar-refractivity contribution is 7.80. The van der Waals surface area contributed by atoms with Gasteiger partial charge in [0.15, 0.2) is 16.6 Å². The molecule has 7 heteroatoms. The zero-order chi connectivity index (χ0) is 18.2. The number of benzene rings is 2. The molecule has 0 saturated heterocycles. The Hall–Kier alpha value is -2.80. The molecule has 0 spiro atoms. The Kier molecular flexibility index (Phi) is 6.59. The van der Waals surface area contributed by atoms with E-state index in [4.69, 9.17) is 26.4 Å². The molecule has 0 bridgehead atoms. The van der Waals surface area contributed by atoms with Gasteiger partial charge in [-0.05, 0) is 43.4 Å². The molecule has 0 aliphatic carbocycles. The van der Waals surface area contributed by atoms with Crippen molar-refractivity contribution in [1.82, 2.24) is 5.43 Å². The lowest BCUT2D eigenvalue weighted by atomic mass is 10.2. The van der Waals surface area contributed by atoms with Gasteiger partial charge in [0.25, 0.3) is 0 Å². The molecule has 2 N–H and O–H groups in total.